The van der Waals surface area contributed by atoms with E-state index < -0.39 is 0 Å². The van der Waals surface area contributed by atoms with Crippen LogP contribution in [0, 0.1) is 5.82 Å². The third kappa shape index (κ3) is 1.34. The molecule has 0 amide bonds. The molecule has 0 aliphatic carbocycles. The molecule has 1 nitrogen and oxygen atoms in total. The highest BCUT2D eigenvalue weighted by Gasteiger charge is 2.01. The Morgan fingerprint density at radius 2 is 2.09 bits per heavy atom. The average Bonchev–Trinajstić information content (AvgIpc) is 2.04. The lowest BCUT2D eigenvalue weighted by atomic mass is 10.2. The van der Waals surface area contributed by atoms with Gasteiger partial charge in [-0.1, -0.05) is 19.2 Å². The van der Waals surface area contributed by atoms with Crippen LogP contribution in [0.3, 0.4) is 0 Å². The van der Waals surface area contributed by atoms with E-state index in [9.17, 15) is 4.39 Å². The van der Waals surface area contributed by atoms with Gasteiger partial charge in [-0.25, -0.2) is 4.39 Å². The van der Waals surface area contributed by atoms with Crippen LogP contribution in [0.1, 0.15) is 11.3 Å². The van der Waals surface area contributed by atoms with Gasteiger partial charge < -0.3 is 0 Å². The first-order valence-corrected chi connectivity index (χ1v) is 3.19. The summed E-state index contributed by atoms with van der Waals surface area (Å²) in [5.74, 6) is -0.315. The van der Waals surface area contributed by atoms with E-state index in [0.717, 1.165) is 0 Å². The fourth-order valence-corrected chi connectivity index (χ4v) is 0.829. The quantitative estimate of drug-likeness (QED) is 0.629. The summed E-state index contributed by atoms with van der Waals surface area (Å²) in [5, 5.41) is 0. The second-order valence-electron chi connectivity index (χ2n) is 2.00. The predicted molar refractivity (Wildman–Crippen MR) is 44.4 cm³/mol. The molecule has 1 heterocycles. The molecular formula is C9H8FN. The minimum absolute atomic E-state index is 0.315. The van der Waals surface area contributed by atoms with Crippen LogP contribution in [0.25, 0.3) is 12.2 Å². The molecule has 0 bridgehead atoms. The molecule has 0 aliphatic heterocycles. The summed E-state index contributed by atoms with van der Waals surface area (Å²) < 4.78 is 12.9. The summed E-state index contributed by atoms with van der Waals surface area (Å²) in [4.78, 5) is 3.90. The van der Waals surface area contributed by atoms with E-state index in [1.165, 1.54) is 24.4 Å². The number of rotatable bonds is 2. The summed E-state index contributed by atoms with van der Waals surface area (Å²) >= 11 is 0. The van der Waals surface area contributed by atoms with Crippen LogP contribution in [0.2, 0.25) is 0 Å². The van der Waals surface area contributed by atoms with Crippen LogP contribution >= 0.6 is 0 Å². The second kappa shape index (κ2) is 3.10. The smallest absolute Gasteiger partial charge is 0.134 e. The van der Waals surface area contributed by atoms with Crippen molar-refractivity contribution in [1.29, 1.82) is 0 Å². The van der Waals surface area contributed by atoms with Gasteiger partial charge in [-0.3, -0.25) is 4.98 Å². The maximum Gasteiger partial charge on any atom is 0.134 e. The highest BCUT2D eigenvalue weighted by atomic mass is 19.1. The molecule has 56 valence electrons. The van der Waals surface area contributed by atoms with Crippen molar-refractivity contribution in [3.8, 4) is 0 Å². The first-order chi connectivity index (χ1) is 5.29. The molecule has 0 aliphatic rings. The van der Waals surface area contributed by atoms with Gasteiger partial charge in [0, 0.05) is 11.8 Å². The molecule has 0 spiro atoms. The van der Waals surface area contributed by atoms with Gasteiger partial charge in [0.15, 0.2) is 0 Å². The Hall–Kier alpha value is -1.44. The molecule has 1 aromatic rings. The Morgan fingerprint density at radius 1 is 1.36 bits per heavy atom. The molecule has 1 aromatic heterocycles. The van der Waals surface area contributed by atoms with Gasteiger partial charge >= 0.3 is 0 Å². The Kier molecular flexibility index (Phi) is 2.16. The van der Waals surface area contributed by atoms with Crippen molar-refractivity contribution in [2.45, 2.75) is 0 Å². The van der Waals surface area contributed by atoms with Gasteiger partial charge in [-0.05, 0) is 12.1 Å². The van der Waals surface area contributed by atoms with Gasteiger partial charge in [-0.2, -0.15) is 0 Å². The van der Waals surface area contributed by atoms with Crippen LogP contribution in [0.4, 0.5) is 4.39 Å². The van der Waals surface area contributed by atoms with E-state index in [4.69, 9.17) is 0 Å². The molecule has 1 rings (SSSR count). The van der Waals surface area contributed by atoms with Crippen LogP contribution in [-0.4, -0.2) is 4.98 Å². The Labute approximate surface area is 64.9 Å². The lowest BCUT2D eigenvalue weighted by molar-refractivity contribution is 0.622. The number of aromatic nitrogens is 1. The molecule has 0 N–H and O–H groups in total. The largest absolute Gasteiger partial charge is 0.256 e. The van der Waals surface area contributed by atoms with Gasteiger partial charge in [0.05, 0.1) is 5.69 Å². The predicted octanol–water partition coefficient (Wildman–Crippen LogP) is 2.51. The third-order valence-corrected chi connectivity index (χ3v) is 1.37. The second-order valence-corrected chi connectivity index (χ2v) is 2.00. The van der Waals surface area contributed by atoms with Gasteiger partial charge in [-0.15, -0.1) is 0 Å². The van der Waals surface area contributed by atoms with E-state index in [2.05, 4.69) is 18.1 Å². The van der Waals surface area contributed by atoms with E-state index in [1.54, 1.807) is 0 Å². The van der Waals surface area contributed by atoms with Crippen molar-refractivity contribution in [1.82, 2.24) is 4.98 Å². The lowest BCUT2D eigenvalue weighted by Crippen LogP contribution is -1.89. The van der Waals surface area contributed by atoms with Gasteiger partial charge in [0.2, 0.25) is 0 Å². The minimum atomic E-state index is -0.315. The SMILES string of the molecule is C=Cc1nccc(F)c1C=C. The van der Waals surface area contributed by atoms with E-state index in [-0.39, 0.29) is 5.82 Å². The van der Waals surface area contributed by atoms with Crippen molar-refractivity contribution in [2.24, 2.45) is 0 Å². The number of halogens is 1. The van der Waals surface area contributed by atoms with Crippen molar-refractivity contribution in [2.75, 3.05) is 0 Å². The van der Waals surface area contributed by atoms with Crippen LogP contribution < -0.4 is 0 Å². The van der Waals surface area contributed by atoms with Crippen LogP contribution in [-0.2, 0) is 0 Å². The standard InChI is InChI=1S/C9H8FN/c1-3-7-8(10)5-6-11-9(7)4-2/h3-6H,1-2H2. The Bertz CT molecular complexity index is 292. The topological polar surface area (TPSA) is 12.9 Å². The highest BCUT2D eigenvalue weighted by molar-refractivity contribution is 5.60. The monoisotopic (exact) mass is 149 g/mol. The molecule has 2 heteroatoms. The third-order valence-electron chi connectivity index (χ3n) is 1.37. The normalized spacial score (nSPS) is 9.18. The molecule has 0 unspecified atom stereocenters. The van der Waals surface area contributed by atoms with E-state index in [1.807, 2.05) is 0 Å². The molecule has 0 fully saturated rings. The first-order valence-electron chi connectivity index (χ1n) is 3.19. The van der Waals surface area contributed by atoms with E-state index in [0.29, 0.717) is 11.3 Å². The van der Waals surface area contributed by atoms with Gasteiger partial charge in [0.25, 0.3) is 0 Å². The molecule has 0 atom stereocenters. The summed E-state index contributed by atoms with van der Waals surface area (Å²) in [6.45, 7) is 6.98. The molecule has 0 saturated heterocycles. The summed E-state index contributed by atoms with van der Waals surface area (Å²) in [6, 6.07) is 1.30. The summed E-state index contributed by atoms with van der Waals surface area (Å²) in [6.07, 6.45) is 4.33. The minimum Gasteiger partial charge on any atom is -0.256 e. The maximum absolute atomic E-state index is 12.9. The first kappa shape index (κ1) is 7.66. The van der Waals surface area contributed by atoms with Crippen molar-refractivity contribution < 1.29 is 4.39 Å². The number of pyridine rings is 1. The zero-order chi connectivity index (χ0) is 8.27. The van der Waals surface area contributed by atoms with Crippen molar-refractivity contribution in [3.05, 3.63) is 42.5 Å². The van der Waals surface area contributed by atoms with E-state index >= 15 is 0 Å². The van der Waals surface area contributed by atoms with Crippen LogP contribution in [0.15, 0.2) is 25.4 Å². The highest BCUT2D eigenvalue weighted by Crippen LogP contribution is 2.12. The summed E-state index contributed by atoms with van der Waals surface area (Å²) in [7, 11) is 0. The number of hydrogen-bond donors (Lipinski definition) is 0. The Balaban J connectivity index is 3.35. The average molecular weight is 149 g/mol. The fraction of sp³-hybridized carbons (Fsp3) is 0. The molecular weight excluding hydrogens is 141 g/mol. The maximum atomic E-state index is 12.9. The van der Waals surface area contributed by atoms with Crippen LogP contribution in [0.5, 0.6) is 0 Å². The lowest BCUT2D eigenvalue weighted by Gasteiger charge is -1.98. The number of nitrogens with zero attached hydrogens (tertiary/aromatic N) is 1. The zero-order valence-electron chi connectivity index (χ0n) is 6.05. The molecule has 0 saturated carbocycles. The molecule has 0 aromatic carbocycles. The molecule has 11 heavy (non-hydrogen) atoms. The number of hydrogen-bond acceptors (Lipinski definition) is 1. The summed E-state index contributed by atoms with van der Waals surface area (Å²) in [5.41, 5.74) is 0.933. The molecule has 0 radical (unpaired) electrons. The Morgan fingerprint density at radius 3 is 2.55 bits per heavy atom. The fourth-order valence-electron chi connectivity index (χ4n) is 0.829. The zero-order valence-corrected chi connectivity index (χ0v) is 6.05. The van der Waals surface area contributed by atoms with Crippen molar-refractivity contribution >= 4 is 12.2 Å². The van der Waals surface area contributed by atoms with Crippen molar-refractivity contribution in [3.63, 3.8) is 0 Å². The van der Waals surface area contributed by atoms with Gasteiger partial charge in [0.1, 0.15) is 5.82 Å².